The summed E-state index contributed by atoms with van der Waals surface area (Å²) in [5.74, 6) is 0. The quantitative estimate of drug-likeness (QED) is 0.711. The molecule has 1 fully saturated rings. The predicted molar refractivity (Wildman–Crippen MR) is 58.0 cm³/mol. The first-order chi connectivity index (χ1) is 6.98. The van der Waals surface area contributed by atoms with Gasteiger partial charge in [0.25, 0.3) is 0 Å². The molecule has 1 aliphatic rings. The van der Waals surface area contributed by atoms with E-state index in [2.05, 4.69) is 0 Å². The predicted octanol–water partition coefficient (Wildman–Crippen LogP) is -0.519. The van der Waals surface area contributed by atoms with Gasteiger partial charge in [-0.3, -0.25) is 0 Å². The molecule has 1 heterocycles. The SMILES string of the molecule is NC1CN(c2ccccc2S(N)(=O)=O)C1. The first-order valence-corrected chi connectivity index (χ1v) is 6.15. The number of rotatable bonds is 2. The first kappa shape index (κ1) is 10.4. The molecule has 6 heteroatoms. The molecule has 0 spiro atoms. The van der Waals surface area contributed by atoms with Crippen LogP contribution in [0, 0.1) is 0 Å². The molecule has 0 unspecified atom stereocenters. The fourth-order valence-electron chi connectivity index (χ4n) is 1.67. The van der Waals surface area contributed by atoms with Crippen LogP contribution in [0.2, 0.25) is 0 Å². The fourth-order valence-corrected chi connectivity index (χ4v) is 2.43. The summed E-state index contributed by atoms with van der Waals surface area (Å²) < 4.78 is 22.6. The van der Waals surface area contributed by atoms with Crippen LogP contribution in [0.3, 0.4) is 0 Å². The largest absolute Gasteiger partial charge is 0.367 e. The van der Waals surface area contributed by atoms with Gasteiger partial charge in [-0.25, -0.2) is 13.6 Å². The Labute approximate surface area is 88.7 Å². The van der Waals surface area contributed by atoms with E-state index >= 15 is 0 Å². The Hall–Kier alpha value is -1.11. The van der Waals surface area contributed by atoms with E-state index < -0.39 is 10.0 Å². The normalized spacial score (nSPS) is 17.6. The molecule has 1 aromatic rings. The second-order valence-corrected chi connectivity index (χ2v) is 5.21. The minimum absolute atomic E-state index is 0.124. The molecule has 0 bridgehead atoms. The van der Waals surface area contributed by atoms with E-state index in [0.717, 1.165) is 0 Å². The van der Waals surface area contributed by atoms with Crippen LogP contribution in [0.4, 0.5) is 5.69 Å². The topological polar surface area (TPSA) is 89.4 Å². The number of hydrogen-bond acceptors (Lipinski definition) is 4. The summed E-state index contributed by atoms with van der Waals surface area (Å²) in [5.41, 5.74) is 6.28. The Morgan fingerprint density at radius 2 is 1.87 bits per heavy atom. The van der Waals surface area contributed by atoms with Crippen LogP contribution < -0.4 is 15.8 Å². The zero-order valence-corrected chi connectivity index (χ0v) is 8.94. The summed E-state index contributed by atoms with van der Waals surface area (Å²) in [6.45, 7) is 1.35. The van der Waals surface area contributed by atoms with Gasteiger partial charge in [-0.2, -0.15) is 0 Å². The highest BCUT2D eigenvalue weighted by Crippen LogP contribution is 2.27. The Kier molecular flexibility index (Phi) is 2.41. The number of para-hydroxylation sites is 1. The molecular formula is C9H13N3O2S. The van der Waals surface area contributed by atoms with Crippen LogP contribution in [0.25, 0.3) is 0 Å². The van der Waals surface area contributed by atoms with Gasteiger partial charge < -0.3 is 10.6 Å². The number of primary sulfonamides is 1. The molecule has 0 radical (unpaired) electrons. The van der Waals surface area contributed by atoms with Crippen LogP contribution in [-0.2, 0) is 10.0 Å². The maximum atomic E-state index is 11.3. The van der Waals surface area contributed by atoms with Crippen LogP contribution in [0.5, 0.6) is 0 Å². The molecule has 1 saturated heterocycles. The van der Waals surface area contributed by atoms with Crippen LogP contribution in [0.1, 0.15) is 0 Å². The van der Waals surface area contributed by atoms with Crippen LogP contribution >= 0.6 is 0 Å². The van der Waals surface area contributed by atoms with E-state index in [1.54, 1.807) is 18.2 Å². The van der Waals surface area contributed by atoms with Gasteiger partial charge in [0.1, 0.15) is 4.90 Å². The minimum Gasteiger partial charge on any atom is -0.367 e. The van der Waals surface area contributed by atoms with Gasteiger partial charge in [-0.1, -0.05) is 12.1 Å². The number of benzene rings is 1. The van der Waals surface area contributed by atoms with Crippen LogP contribution in [0.15, 0.2) is 29.2 Å². The lowest BCUT2D eigenvalue weighted by molar-refractivity contribution is 0.515. The van der Waals surface area contributed by atoms with E-state index in [-0.39, 0.29) is 10.9 Å². The molecule has 0 aromatic heterocycles. The highest BCUT2D eigenvalue weighted by atomic mass is 32.2. The minimum atomic E-state index is -3.65. The van der Waals surface area contributed by atoms with Crippen molar-refractivity contribution < 1.29 is 8.42 Å². The van der Waals surface area contributed by atoms with Gasteiger partial charge in [0.05, 0.1) is 5.69 Å². The van der Waals surface area contributed by atoms with Gasteiger partial charge >= 0.3 is 0 Å². The van der Waals surface area contributed by atoms with E-state index in [4.69, 9.17) is 10.9 Å². The molecule has 0 saturated carbocycles. The maximum Gasteiger partial charge on any atom is 0.240 e. The molecular weight excluding hydrogens is 214 g/mol. The lowest BCUT2D eigenvalue weighted by Crippen LogP contribution is -2.56. The van der Waals surface area contributed by atoms with E-state index in [0.29, 0.717) is 18.8 Å². The smallest absolute Gasteiger partial charge is 0.240 e. The molecule has 5 nitrogen and oxygen atoms in total. The van der Waals surface area contributed by atoms with Gasteiger partial charge in [0.2, 0.25) is 10.0 Å². The standard InChI is InChI=1S/C9H13N3O2S/c10-7-5-12(6-7)8-3-1-2-4-9(8)15(11,13)14/h1-4,7H,5-6,10H2,(H2,11,13,14). The Balaban J connectivity index is 2.39. The lowest BCUT2D eigenvalue weighted by atomic mass is 10.1. The second kappa shape index (κ2) is 3.48. The molecule has 82 valence electrons. The van der Waals surface area contributed by atoms with Crippen molar-refractivity contribution in [1.29, 1.82) is 0 Å². The number of nitrogens with zero attached hydrogens (tertiary/aromatic N) is 1. The summed E-state index contributed by atoms with van der Waals surface area (Å²) in [4.78, 5) is 2.07. The van der Waals surface area contributed by atoms with E-state index in [1.807, 2.05) is 4.90 Å². The van der Waals surface area contributed by atoms with Crippen molar-refractivity contribution in [1.82, 2.24) is 0 Å². The summed E-state index contributed by atoms with van der Waals surface area (Å²) in [5, 5.41) is 5.12. The number of nitrogens with two attached hydrogens (primary N) is 2. The molecule has 0 amide bonds. The molecule has 0 atom stereocenters. The van der Waals surface area contributed by atoms with Crippen molar-refractivity contribution in [3.63, 3.8) is 0 Å². The Morgan fingerprint density at radius 1 is 1.27 bits per heavy atom. The third-order valence-corrected chi connectivity index (χ3v) is 3.38. The zero-order chi connectivity index (χ0) is 11.1. The zero-order valence-electron chi connectivity index (χ0n) is 8.13. The number of hydrogen-bond donors (Lipinski definition) is 2. The Bertz CT molecular complexity index is 466. The third kappa shape index (κ3) is 1.97. The van der Waals surface area contributed by atoms with Crippen molar-refractivity contribution in [2.75, 3.05) is 18.0 Å². The highest BCUT2D eigenvalue weighted by Gasteiger charge is 2.27. The van der Waals surface area contributed by atoms with Crippen LogP contribution in [-0.4, -0.2) is 27.5 Å². The van der Waals surface area contributed by atoms with Crippen molar-refractivity contribution in [3.8, 4) is 0 Å². The van der Waals surface area contributed by atoms with Crippen molar-refractivity contribution in [2.24, 2.45) is 10.9 Å². The van der Waals surface area contributed by atoms with Gasteiger partial charge in [-0.15, -0.1) is 0 Å². The maximum absolute atomic E-state index is 11.3. The van der Waals surface area contributed by atoms with Gasteiger partial charge in [-0.05, 0) is 12.1 Å². The Morgan fingerprint density at radius 3 is 2.40 bits per heavy atom. The summed E-state index contributed by atoms with van der Waals surface area (Å²) >= 11 is 0. The summed E-state index contributed by atoms with van der Waals surface area (Å²) in [7, 11) is -3.65. The molecule has 4 N–H and O–H groups in total. The van der Waals surface area contributed by atoms with Crippen molar-refractivity contribution in [3.05, 3.63) is 24.3 Å². The van der Waals surface area contributed by atoms with E-state index in [1.165, 1.54) is 6.07 Å². The molecule has 1 aliphatic heterocycles. The third-order valence-electron chi connectivity index (χ3n) is 2.42. The van der Waals surface area contributed by atoms with Crippen molar-refractivity contribution >= 4 is 15.7 Å². The number of anilines is 1. The molecule has 15 heavy (non-hydrogen) atoms. The molecule has 2 rings (SSSR count). The van der Waals surface area contributed by atoms with Gasteiger partial charge in [0, 0.05) is 19.1 Å². The fraction of sp³-hybridized carbons (Fsp3) is 0.333. The van der Waals surface area contributed by atoms with Gasteiger partial charge in [0.15, 0.2) is 0 Å². The van der Waals surface area contributed by atoms with Crippen molar-refractivity contribution in [2.45, 2.75) is 10.9 Å². The molecule has 0 aliphatic carbocycles. The summed E-state index contributed by atoms with van der Waals surface area (Å²) in [6, 6.07) is 6.82. The second-order valence-electron chi connectivity index (χ2n) is 3.68. The summed E-state index contributed by atoms with van der Waals surface area (Å²) in [6.07, 6.45) is 0. The van der Waals surface area contributed by atoms with E-state index in [9.17, 15) is 8.42 Å². The molecule has 1 aromatic carbocycles. The first-order valence-electron chi connectivity index (χ1n) is 4.61. The average Bonchev–Trinajstić information content (AvgIpc) is 2.12. The highest BCUT2D eigenvalue weighted by molar-refractivity contribution is 7.89. The number of sulfonamides is 1. The lowest BCUT2D eigenvalue weighted by Gasteiger charge is -2.39. The average molecular weight is 227 g/mol. The monoisotopic (exact) mass is 227 g/mol.